The van der Waals surface area contributed by atoms with Crippen molar-refractivity contribution >= 4 is 34.7 Å². The number of carbonyl (C=O) groups is 1. The van der Waals surface area contributed by atoms with Gasteiger partial charge in [0.05, 0.1) is 10.7 Å². The molecule has 0 fully saturated rings. The molecule has 18 heavy (non-hydrogen) atoms. The van der Waals surface area contributed by atoms with E-state index < -0.39 is 5.91 Å². The predicted octanol–water partition coefficient (Wildman–Crippen LogP) is 1.26. The smallest absolute Gasteiger partial charge is 0.269 e. The van der Waals surface area contributed by atoms with Crippen LogP contribution in [-0.4, -0.2) is 20.7 Å². The summed E-state index contributed by atoms with van der Waals surface area (Å²) in [6, 6.07) is 6.61. The molecule has 0 unspecified atom stereocenters. The highest BCUT2D eigenvalue weighted by atomic mass is 35.5. The molecule has 0 saturated carbocycles. The average Bonchev–Trinajstić information content (AvgIpc) is 2.78. The molecular formula is C11H9ClN4OS. The van der Waals surface area contributed by atoms with Gasteiger partial charge in [-0.05, 0) is 24.3 Å². The van der Waals surface area contributed by atoms with Crippen LogP contribution >= 0.6 is 23.8 Å². The lowest BCUT2D eigenvalue weighted by Gasteiger charge is -2.06. The topological polar surface area (TPSA) is 86.9 Å². The molecule has 1 amide bonds. The summed E-state index contributed by atoms with van der Waals surface area (Å²) in [4.78, 5) is 11.2. The van der Waals surface area contributed by atoms with Gasteiger partial charge in [-0.25, -0.2) is 4.68 Å². The van der Waals surface area contributed by atoms with E-state index in [2.05, 4.69) is 5.10 Å². The number of nitrogens with two attached hydrogens (primary N) is 2. The Hall–Kier alpha value is -1.92. The number of amides is 1. The molecule has 0 spiro atoms. The van der Waals surface area contributed by atoms with Gasteiger partial charge < -0.3 is 11.5 Å². The monoisotopic (exact) mass is 280 g/mol. The third-order valence-electron chi connectivity index (χ3n) is 2.32. The number of hydrogen-bond acceptors (Lipinski definition) is 3. The molecular weight excluding hydrogens is 272 g/mol. The number of thiocarbonyl (C=S) groups is 1. The van der Waals surface area contributed by atoms with Crippen LogP contribution in [0.4, 0.5) is 0 Å². The van der Waals surface area contributed by atoms with Crippen molar-refractivity contribution in [3.63, 3.8) is 0 Å². The molecule has 0 saturated heterocycles. The maximum atomic E-state index is 11.0. The van der Waals surface area contributed by atoms with Crippen LogP contribution < -0.4 is 11.5 Å². The normalized spacial score (nSPS) is 10.3. The summed E-state index contributed by atoms with van der Waals surface area (Å²) in [6.07, 6.45) is 1.60. The lowest BCUT2D eigenvalue weighted by Crippen LogP contribution is -2.12. The Kier molecular flexibility index (Phi) is 3.31. The van der Waals surface area contributed by atoms with Gasteiger partial charge in [-0.1, -0.05) is 23.8 Å². The number of primary amides is 1. The molecule has 1 aromatic heterocycles. The number of benzene rings is 1. The lowest BCUT2D eigenvalue weighted by molar-refractivity contribution is 0.0995. The first kappa shape index (κ1) is 12.5. The van der Waals surface area contributed by atoms with Gasteiger partial charge in [0.15, 0.2) is 0 Å². The molecule has 1 aromatic carbocycles. The summed E-state index contributed by atoms with van der Waals surface area (Å²) < 4.78 is 1.46. The zero-order chi connectivity index (χ0) is 13.3. The number of nitrogens with zero attached hydrogens (tertiary/aromatic N) is 2. The highest BCUT2D eigenvalue weighted by Crippen LogP contribution is 2.21. The Morgan fingerprint density at radius 1 is 1.33 bits per heavy atom. The second kappa shape index (κ2) is 4.75. The first-order valence-electron chi connectivity index (χ1n) is 4.94. The van der Waals surface area contributed by atoms with Gasteiger partial charge in [-0.2, -0.15) is 5.10 Å². The minimum Gasteiger partial charge on any atom is -0.389 e. The van der Waals surface area contributed by atoms with Crippen LogP contribution in [0.1, 0.15) is 16.1 Å². The minimum atomic E-state index is -0.593. The van der Waals surface area contributed by atoms with E-state index in [-0.39, 0.29) is 10.7 Å². The third-order valence-corrected chi connectivity index (χ3v) is 2.86. The molecule has 7 heteroatoms. The summed E-state index contributed by atoms with van der Waals surface area (Å²) in [5, 5.41) is 4.44. The number of aromatic nitrogens is 2. The fraction of sp³-hybridized carbons (Fsp3) is 0. The van der Waals surface area contributed by atoms with Crippen LogP contribution in [0.5, 0.6) is 0 Å². The molecule has 0 aliphatic rings. The zero-order valence-electron chi connectivity index (χ0n) is 9.13. The lowest BCUT2D eigenvalue weighted by atomic mass is 10.2. The molecule has 2 aromatic rings. The van der Waals surface area contributed by atoms with E-state index in [1.54, 1.807) is 24.4 Å². The van der Waals surface area contributed by atoms with E-state index in [0.29, 0.717) is 16.3 Å². The van der Waals surface area contributed by atoms with E-state index in [1.807, 2.05) is 0 Å². The van der Waals surface area contributed by atoms with Crippen LogP contribution in [0.3, 0.4) is 0 Å². The zero-order valence-corrected chi connectivity index (χ0v) is 10.7. The number of rotatable bonds is 3. The maximum absolute atomic E-state index is 11.0. The molecule has 0 radical (unpaired) electrons. The van der Waals surface area contributed by atoms with Crippen molar-refractivity contribution in [3.8, 4) is 5.69 Å². The van der Waals surface area contributed by atoms with E-state index in [9.17, 15) is 4.79 Å². The molecule has 0 aliphatic carbocycles. The quantitative estimate of drug-likeness (QED) is 0.829. The summed E-state index contributed by atoms with van der Waals surface area (Å²) in [6.45, 7) is 0. The molecule has 92 valence electrons. The van der Waals surface area contributed by atoms with Gasteiger partial charge in [0.2, 0.25) is 0 Å². The van der Waals surface area contributed by atoms with Crippen molar-refractivity contribution in [2.45, 2.75) is 0 Å². The van der Waals surface area contributed by atoms with Crippen LogP contribution in [-0.2, 0) is 0 Å². The Bertz CT molecular complexity index is 638. The van der Waals surface area contributed by atoms with Crippen LogP contribution in [0.2, 0.25) is 5.02 Å². The summed E-state index contributed by atoms with van der Waals surface area (Å²) >= 11 is 11.0. The molecule has 2 rings (SSSR count). The van der Waals surface area contributed by atoms with Gasteiger partial charge in [0.25, 0.3) is 5.91 Å². The van der Waals surface area contributed by atoms with Gasteiger partial charge >= 0.3 is 0 Å². The average molecular weight is 281 g/mol. The molecule has 0 aliphatic heterocycles. The molecule has 4 N–H and O–H groups in total. The first-order valence-corrected chi connectivity index (χ1v) is 5.73. The van der Waals surface area contributed by atoms with E-state index in [0.717, 1.165) is 0 Å². The second-order valence-electron chi connectivity index (χ2n) is 3.54. The highest BCUT2D eigenvalue weighted by molar-refractivity contribution is 7.80. The van der Waals surface area contributed by atoms with Gasteiger partial charge in [0, 0.05) is 11.8 Å². The van der Waals surface area contributed by atoms with Gasteiger partial charge in [-0.3, -0.25) is 4.79 Å². The van der Waals surface area contributed by atoms with E-state index >= 15 is 0 Å². The SMILES string of the molecule is NC(=O)c1ccn(-c2ccc(C(N)=S)cc2Cl)n1. The Labute approximate surface area is 113 Å². The summed E-state index contributed by atoms with van der Waals surface area (Å²) in [7, 11) is 0. The Balaban J connectivity index is 2.44. The van der Waals surface area contributed by atoms with Crippen LogP contribution in [0, 0.1) is 0 Å². The number of halogens is 1. The molecule has 0 atom stereocenters. The maximum Gasteiger partial charge on any atom is 0.269 e. The number of hydrogen-bond donors (Lipinski definition) is 2. The van der Waals surface area contributed by atoms with Crippen molar-refractivity contribution in [2.75, 3.05) is 0 Å². The van der Waals surface area contributed by atoms with E-state index in [1.165, 1.54) is 10.7 Å². The van der Waals surface area contributed by atoms with Gasteiger partial charge in [0.1, 0.15) is 10.7 Å². The van der Waals surface area contributed by atoms with Crippen molar-refractivity contribution in [2.24, 2.45) is 11.5 Å². The Morgan fingerprint density at radius 2 is 2.06 bits per heavy atom. The first-order chi connectivity index (χ1) is 8.49. The Morgan fingerprint density at radius 3 is 2.56 bits per heavy atom. The number of carbonyl (C=O) groups excluding carboxylic acids is 1. The summed E-state index contributed by atoms with van der Waals surface area (Å²) in [5.41, 5.74) is 12.1. The highest BCUT2D eigenvalue weighted by Gasteiger charge is 2.09. The van der Waals surface area contributed by atoms with Crippen LogP contribution in [0.15, 0.2) is 30.5 Å². The van der Waals surface area contributed by atoms with Gasteiger partial charge in [-0.15, -0.1) is 0 Å². The van der Waals surface area contributed by atoms with Crippen molar-refractivity contribution in [1.82, 2.24) is 9.78 Å². The molecule has 1 heterocycles. The van der Waals surface area contributed by atoms with Crippen LogP contribution in [0.25, 0.3) is 5.69 Å². The standard InChI is InChI=1S/C11H9ClN4OS/c12-7-5-6(11(14)18)1-2-9(7)16-4-3-8(15-16)10(13)17/h1-5H,(H2,13,17)(H2,14,18). The minimum absolute atomic E-state index is 0.171. The molecule has 5 nitrogen and oxygen atoms in total. The fourth-order valence-corrected chi connectivity index (χ4v) is 1.83. The molecule has 0 bridgehead atoms. The summed E-state index contributed by atoms with van der Waals surface area (Å²) in [5.74, 6) is -0.593. The van der Waals surface area contributed by atoms with Crippen molar-refractivity contribution < 1.29 is 4.79 Å². The predicted molar refractivity (Wildman–Crippen MR) is 73.0 cm³/mol. The van der Waals surface area contributed by atoms with Crippen molar-refractivity contribution in [3.05, 3.63) is 46.7 Å². The second-order valence-corrected chi connectivity index (χ2v) is 4.39. The van der Waals surface area contributed by atoms with Crippen molar-refractivity contribution in [1.29, 1.82) is 0 Å². The third kappa shape index (κ3) is 2.34. The largest absolute Gasteiger partial charge is 0.389 e. The van der Waals surface area contributed by atoms with E-state index in [4.69, 9.17) is 35.3 Å². The fourth-order valence-electron chi connectivity index (χ4n) is 1.44.